The predicted octanol–water partition coefficient (Wildman–Crippen LogP) is 5.44. The van der Waals surface area contributed by atoms with Crippen molar-refractivity contribution >= 4 is 28.4 Å². The highest BCUT2D eigenvalue weighted by molar-refractivity contribution is 6.35. The number of benzene rings is 2. The molecule has 1 fully saturated rings. The number of aromatic nitrogens is 2. The Bertz CT molecular complexity index is 1260. The number of nitrogens with zero attached hydrogens (tertiary/aromatic N) is 1. The monoisotopic (exact) mass is 488 g/mol. The highest BCUT2D eigenvalue weighted by atomic mass is 35.5. The van der Waals surface area contributed by atoms with E-state index < -0.39 is 0 Å². The molecule has 2 aromatic carbocycles. The molecule has 0 bridgehead atoms. The SMILES string of the molecule is O=C(N[C@@H](COC(c1ccncc1)C1CCNCC1)c1ccccc1)c1ccc2c(Cl)c[nH]c2c1. The van der Waals surface area contributed by atoms with Crippen LogP contribution in [0.1, 0.15) is 46.5 Å². The first-order chi connectivity index (χ1) is 17.2. The van der Waals surface area contributed by atoms with Crippen LogP contribution >= 0.6 is 11.6 Å². The van der Waals surface area contributed by atoms with Gasteiger partial charge in [0, 0.05) is 35.1 Å². The van der Waals surface area contributed by atoms with Crippen LogP contribution in [0.4, 0.5) is 0 Å². The molecular weight excluding hydrogens is 460 g/mol. The Morgan fingerprint density at radius 2 is 1.83 bits per heavy atom. The summed E-state index contributed by atoms with van der Waals surface area (Å²) in [6.07, 6.45) is 7.40. The number of fused-ring (bicyclic) bond motifs is 1. The molecule has 0 spiro atoms. The van der Waals surface area contributed by atoms with Crippen molar-refractivity contribution in [1.29, 1.82) is 0 Å². The fraction of sp³-hybridized carbons (Fsp3) is 0.286. The largest absolute Gasteiger partial charge is 0.371 e. The number of carbonyl (C=O) groups is 1. The molecule has 3 N–H and O–H groups in total. The van der Waals surface area contributed by atoms with Crippen LogP contribution in [0.25, 0.3) is 10.9 Å². The van der Waals surface area contributed by atoms with E-state index in [9.17, 15) is 4.79 Å². The lowest BCUT2D eigenvalue weighted by Crippen LogP contribution is -2.35. The molecule has 1 amide bonds. The third-order valence-electron chi connectivity index (χ3n) is 6.69. The minimum Gasteiger partial charge on any atom is -0.371 e. The Balaban J connectivity index is 1.36. The van der Waals surface area contributed by atoms with Gasteiger partial charge in [0.1, 0.15) is 0 Å². The molecule has 5 rings (SSSR count). The van der Waals surface area contributed by atoms with Gasteiger partial charge in [0.2, 0.25) is 0 Å². The van der Waals surface area contributed by atoms with Gasteiger partial charge in [0.15, 0.2) is 0 Å². The van der Waals surface area contributed by atoms with Gasteiger partial charge in [-0.15, -0.1) is 0 Å². The fourth-order valence-corrected chi connectivity index (χ4v) is 5.00. The number of pyridine rings is 1. The maximum absolute atomic E-state index is 13.3. The van der Waals surface area contributed by atoms with E-state index in [1.807, 2.05) is 67.0 Å². The zero-order valence-corrected chi connectivity index (χ0v) is 20.2. The number of halogens is 1. The van der Waals surface area contributed by atoms with Crippen LogP contribution in [-0.4, -0.2) is 35.6 Å². The number of piperidine rings is 1. The van der Waals surface area contributed by atoms with Gasteiger partial charge in [0.25, 0.3) is 5.91 Å². The summed E-state index contributed by atoms with van der Waals surface area (Å²) in [5, 5.41) is 8.17. The standard InChI is InChI=1S/C28H29ClN4O2/c29-24-17-32-25-16-22(6-7-23(24)25)28(34)33-26(19-4-2-1-3-5-19)18-35-27(20-8-12-30-13-9-20)21-10-14-31-15-11-21/h1-9,12-13,16-17,21,26-27,31-32H,10-11,14-15,18H2,(H,33,34)/t26-,27?/m0/s1. The fourth-order valence-electron chi connectivity index (χ4n) is 4.78. The van der Waals surface area contributed by atoms with E-state index >= 15 is 0 Å². The summed E-state index contributed by atoms with van der Waals surface area (Å²) in [6.45, 7) is 2.34. The molecule has 0 aliphatic carbocycles. The second-order valence-electron chi connectivity index (χ2n) is 8.96. The van der Waals surface area contributed by atoms with Crippen LogP contribution in [0.2, 0.25) is 5.02 Å². The van der Waals surface area contributed by atoms with Crippen molar-refractivity contribution in [3.05, 3.63) is 101 Å². The quantitative estimate of drug-likeness (QED) is 0.308. The highest BCUT2D eigenvalue weighted by Gasteiger charge is 2.27. The zero-order chi connectivity index (χ0) is 24.0. The Hall–Kier alpha value is -3.19. The molecule has 0 saturated carbocycles. The summed E-state index contributed by atoms with van der Waals surface area (Å²) < 4.78 is 6.60. The molecule has 35 heavy (non-hydrogen) atoms. The summed E-state index contributed by atoms with van der Waals surface area (Å²) in [5.41, 5.74) is 3.53. The van der Waals surface area contributed by atoms with Gasteiger partial charge in [-0.25, -0.2) is 0 Å². The van der Waals surface area contributed by atoms with Crippen molar-refractivity contribution in [1.82, 2.24) is 20.6 Å². The van der Waals surface area contributed by atoms with Gasteiger partial charge in [0.05, 0.1) is 23.8 Å². The van der Waals surface area contributed by atoms with Gasteiger partial charge in [-0.2, -0.15) is 0 Å². The van der Waals surface area contributed by atoms with Crippen molar-refractivity contribution in [2.45, 2.75) is 25.0 Å². The number of hydrogen-bond acceptors (Lipinski definition) is 4. The van der Waals surface area contributed by atoms with E-state index in [0.29, 0.717) is 23.1 Å². The molecule has 7 heteroatoms. The number of aromatic amines is 1. The van der Waals surface area contributed by atoms with Crippen LogP contribution < -0.4 is 10.6 Å². The lowest BCUT2D eigenvalue weighted by molar-refractivity contribution is -0.00988. The molecule has 1 aliphatic heterocycles. The van der Waals surface area contributed by atoms with Crippen LogP contribution in [0.3, 0.4) is 0 Å². The van der Waals surface area contributed by atoms with Crippen molar-refractivity contribution in [3.63, 3.8) is 0 Å². The number of hydrogen-bond donors (Lipinski definition) is 3. The predicted molar refractivity (Wildman–Crippen MR) is 138 cm³/mol. The average molecular weight is 489 g/mol. The number of rotatable bonds is 8. The van der Waals surface area contributed by atoms with Crippen molar-refractivity contribution in [3.8, 4) is 0 Å². The van der Waals surface area contributed by atoms with E-state index in [1.54, 1.807) is 12.3 Å². The minimum absolute atomic E-state index is 0.0550. The molecule has 2 atom stereocenters. The van der Waals surface area contributed by atoms with Crippen LogP contribution in [0.15, 0.2) is 79.3 Å². The van der Waals surface area contributed by atoms with Crippen LogP contribution in [0, 0.1) is 5.92 Å². The molecule has 1 unspecified atom stereocenters. The molecule has 1 aliphatic rings. The maximum atomic E-state index is 13.3. The van der Waals surface area contributed by atoms with Crippen molar-refractivity contribution < 1.29 is 9.53 Å². The minimum atomic E-state index is -0.294. The van der Waals surface area contributed by atoms with Crippen molar-refractivity contribution in [2.75, 3.05) is 19.7 Å². The molecule has 4 aromatic rings. The number of ether oxygens (including phenoxy) is 1. The Labute approximate surface area is 210 Å². The number of amides is 1. The Morgan fingerprint density at radius 1 is 1.06 bits per heavy atom. The first kappa shape index (κ1) is 23.5. The highest BCUT2D eigenvalue weighted by Crippen LogP contribution is 2.33. The summed E-state index contributed by atoms with van der Waals surface area (Å²) in [5.74, 6) is 0.253. The Morgan fingerprint density at radius 3 is 2.60 bits per heavy atom. The topological polar surface area (TPSA) is 79.0 Å². The summed E-state index contributed by atoms with van der Waals surface area (Å²) in [4.78, 5) is 20.6. The van der Waals surface area contributed by atoms with Crippen LogP contribution in [-0.2, 0) is 4.74 Å². The Kier molecular flexibility index (Phi) is 7.42. The van der Waals surface area contributed by atoms with Gasteiger partial charge < -0.3 is 20.4 Å². The smallest absolute Gasteiger partial charge is 0.251 e. The molecule has 3 heterocycles. The average Bonchev–Trinajstić information content (AvgIpc) is 3.29. The van der Waals surface area contributed by atoms with E-state index in [0.717, 1.165) is 48.0 Å². The third kappa shape index (κ3) is 5.56. The number of nitrogens with one attached hydrogen (secondary N) is 3. The number of H-pyrrole nitrogens is 1. The first-order valence-corrected chi connectivity index (χ1v) is 12.4. The molecule has 180 valence electrons. The third-order valence-corrected chi connectivity index (χ3v) is 7.00. The normalized spacial score (nSPS) is 16.1. The summed E-state index contributed by atoms with van der Waals surface area (Å²) >= 11 is 6.20. The molecule has 6 nitrogen and oxygen atoms in total. The van der Waals surface area contributed by atoms with E-state index in [1.165, 1.54) is 0 Å². The molecular formula is C28H29ClN4O2. The molecule has 0 radical (unpaired) electrons. The first-order valence-electron chi connectivity index (χ1n) is 12.0. The molecule has 2 aromatic heterocycles. The van der Waals surface area contributed by atoms with Crippen molar-refractivity contribution in [2.24, 2.45) is 5.92 Å². The van der Waals surface area contributed by atoms with Gasteiger partial charge in [-0.3, -0.25) is 9.78 Å². The van der Waals surface area contributed by atoms with Crippen LogP contribution in [0.5, 0.6) is 0 Å². The molecule has 1 saturated heterocycles. The van der Waals surface area contributed by atoms with Gasteiger partial charge in [-0.05, 0) is 67.2 Å². The summed E-state index contributed by atoms with van der Waals surface area (Å²) in [7, 11) is 0. The summed E-state index contributed by atoms with van der Waals surface area (Å²) in [6, 6.07) is 19.2. The second-order valence-corrected chi connectivity index (χ2v) is 9.36. The number of carbonyl (C=O) groups excluding carboxylic acids is 1. The maximum Gasteiger partial charge on any atom is 0.251 e. The van der Waals surface area contributed by atoms with E-state index in [4.69, 9.17) is 16.3 Å². The zero-order valence-electron chi connectivity index (χ0n) is 19.4. The van der Waals surface area contributed by atoms with Gasteiger partial charge >= 0.3 is 0 Å². The second kappa shape index (κ2) is 11.0. The van der Waals surface area contributed by atoms with E-state index in [-0.39, 0.29) is 18.1 Å². The van der Waals surface area contributed by atoms with E-state index in [2.05, 4.69) is 20.6 Å². The lowest BCUT2D eigenvalue weighted by atomic mass is 9.88. The lowest BCUT2D eigenvalue weighted by Gasteiger charge is -2.32. The van der Waals surface area contributed by atoms with Gasteiger partial charge in [-0.1, -0.05) is 48.0 Å².